The zero-order chi connectivity index (χ0) is 17.9. The third kappa shape index (κ3) is 3.37. The van der Waals surface area contributed by atoms with Gasteiger partial charge in [0.05, 0.1) is 7.11 Å². The molecule has 2 N–H and O–H groups in total. The Morgan fingerprint density at radius 1 is 1.12 bits per heavy atom. The van der Waals surface area contributed by atoms with Crippen LogP contribution in [0.25, 0.3) is 0 Å². The highest BCUT2D eigenvalue weighted by molar-refractivity contribution is 5.54. The molecule has 138 valence electrons. The molecule has 0 bridgehead atoms. The van der Waals surface area contributed by atoms with Gasteiger partial charge in [-0.25, -0.2) is 0 Å². The van der Waals surface area contributed by atoms with Gasteiger partial charge >= 0.3 is 0 Å². The summed E-state index contributed by atoms with van der Waals surface area (Å²) in [7, 11) is 1.67. The van der Waals surface area contributed by atoms with E-state index in [4.69, 9.17) is 19.9 Å². The summed E-state index contributed by atoms with van der Waals surface area (Å²) in [6.07, 6.45) is 0. The fraction of sp³-hybridized carbons (Fsp3) is 0.429. The number of likely N-dealkylation sites (tertiary alicyclic amines) is 1. The van der Waals surface area contributed by atoms with Crippen LogP contribution in [0.1, 0.15) is 17.0 Å². The Hall–Kier alpha value is -2.24. The van der Waals surface area contributed by atoms with Crippen LogP contribution in [0.5, 0.6) is 17.2 Å². The molecule has 26 heavy (non-hydrogen) atoms. The first kappa shape index (κ1) is 17.2. The molecule has 1 saturated heterocycles. The highest BCUT2D eigenvalue weighted by atomic mass is 16.6. The molecule has 0 saturated carbocycles. The molecule has 1 fully saturated rings. The summed E-state index contributed by atoms with van der Waals surface area (Å²) < 4.78 is 17.0. The van der Waals surface area contributed by atoms with Gasteiger partial charge < -0.3 is 19.9 Å². The first-order valence-electron chi connectivity index (χ1n) is 9.22. The minimum atomic E-state index is 0.483. The van der Waals surface area contributed by atoms with Gasteiger partial charge in [0.2, 0.25) is 5.75 Å². The summed E-state index contributed by atoms with van der Waals surface area (Å²) in [5.74, 6) is 3.20. The topological polar surface area (TPSA) is 57.0 Å². The van der Waals surface area contributed by atoms with Crippen molar-refractivity contribution < 1.29 is 14.2 Å². The van der Waals surface area contributed by atoms with Gasteiger partial charge in [-0.15, -0.1) is 0 Å². The lowest BCUT2D eigenvalue weighted by Crippen LogP contribution is -2.23. The number of fused-ring (bicyclic) bond motifs is 1. The Morgan fingerprint density at radius 2 is 1.92 bits per heavy atom. The van der Waals surface area contributed by atoms with Crippen LogP contribution in [0, 0.1) is 5.92 Å². The monoisotopic (exact) mass is 354 g/mol. The highest BCUT2D eigenvalue weighted by Gasteiger charge is 2.33. The molecule has 0 spiro atoms. The molecular formula is C21H26N2O3. The quantitative estimate of drug-likeness (QED) is 0.895. The van der Waals surface area contributed by atoms with E-state index in [1.165, 1.54) is 11.1 Å². The van der Waals surface area contributed by atoms with Gasteiger partial charge in [0.15, 0.2) is 11.5 Å². The van der Waals surface area contributed by atoms with Crippen molar-refractivity contribution >= 4 is 0 Å². The molecule has 0 unspecified atom stereocenters. The van der Waals surface area contributed by atoms with Crippen molar-refractivity contribution in [2.45, 2.75) is 12.5 Å². The summed E-state index contributed by atoms with van der Waals surface area (Å²) in [6.45, 7) is 4.73. The second-order valence-corrected chi connectivity index (χ2v) is 7.03. The zero-order valence-electron chi connectivity index (χ0n) is 15.2. The normalized spacial score (nSPS) is 22.4. The fourth-order valence-corrected chi connectivity index (χ4v) is 4.08. The van der Waals surface area contributed by atoms with Gasteiger partial charge in [0.25, 0.3) is 0 Å². The number of hydrogen-bond donors (Lipinski definition) is 1. The summed E-state index contributed by atoms with van der Waals surface area (Å²) in [6, 6.07) is 14.8. The van der Waals surface area contributed by atoms with Crippen molar-refractivity contribution in [1.29, 1.82) is 0 Å². The predicted octanol–water partition coefficient (Wildman–Crippen LogP) is 2.64. The zero-order valence-corrected chi connectivity index (χ0v) is 15.2. The number of hydrogen-bond acceptors (Lipinski definition) is 5. The summed E-state index contributed by atoms with van der Waals surface area (Å²) in [5, 5.41) is 0. The molecule has 0 radical (unpaired) electrons. The van der Waals surface area contributed by atoms with E-state index in [0.29, 0.717) is 37.3 Å². The molecule has 2 aromatic rings. The number of nitrogens with two attached hydrogens (primary N) is 1. The molecule has 0 aliphatic carbocycles. The first-order chi connectivity index (χ1) is 12.8. The maximum Gasteiger partial charge on any atom is 0.203 e. The van der Waals surface area contributed by atoms with Crippen molar-refractivity contribution in [2.24, 2.45) is 11.7 Å². The first-order valence-corrected chi connectivity index (χ1v) is 9.22. The van der Waals surface area contributed by atoms with Crippen LogP contribution in [0.4, 0.5) is 0 Å². The number of methoxy groups -OCH3 is 1. The van der Waals surface area contributed by atoms with Crippen LogP contribution in [0.3, 0.4) is 0 Å². The lowest BCUT2D eigenvalue weighted by atomic mass is 9.89. The molecule has 0 aromatic heterocycles. The molecule has 0 amide bonds. The smallest absolute Gasteiger partial charge is 0.203 e. The molecule has 5 heteroatoms. The Balaban J connectivity index is 1.53. The maximum atomic E-state index is 6.07. The van der Waals surface area contributed by atoms with Crippen LogP contribution >= 0.6 is 0 Å². The van der Waals surface area contributed by atoms with E-state index in [9.17, 15) is 0 Å². The number of nitrogens with zero attached hydrogens (tertiary/aromatic N) is 1. The fourth-order valence-electron chi connectivity index (χ4n) is 4.08. The van der Waals surface area contributed by atoms with E-state index in [2.05, 4.69) is 47.4 Å². The third-order valence-corrected chi connectivity index (χ3v) is 5.34. The average molecular weight is 354 g/mol. The average Bonchev–Trinajstić information content (AvgIpc) is 3.10. The van der Waals surface area contributed by atoms with E-state index < -0.39 is 0 Å². The number of benzene rings is 2. The summed E-state index contributed by atoms with van der Waals surface area (Å²) >= 11 is 0. The van der Waals surface area contributed by atoms with Gasteiger partial charge in [-0.1, -0.05) is 30.3 Å². The van der Waals surface area contributed by atoms with Gasteiger partial charge in [0.1, 0.15) is 13.2 Å². The number of ether oxygens (including phenoxy) is 3. The molecule has 2 aromatic carbocycles. The molecule has 5 nitrogen and oxygen atoms in total. The Bertz CT molecular complexity index is 733. The minimum absolute atomic E-state index is 0.483. The third-order valence-electron chi connectivity index (χ3n) is 5.34. The summed E-state index contributed by atoms with van der Waals surface area (Å²) in [4.78, 5) is 2.47. The van der Waals surface area contributed by atoms with Crippen LogP contribution in [-0.2, 0) is 6.54 Å². The van der Waals surface area contributed by atoms with Crippen molar-refractivity contribution in [3.05, 3.63) is 53.6 Å². The maximum absolute atomic E-state index is 6.07. The molecule has 2 heterocycles. The molecule has 2 aliphatic rings. The molecule has 2 atom stereocenters. The van der Waals surface area contributed by atoms with Gasteiger partial charge in [-0.05, 0) is 35.7 Å². The van der Waals surface area contributed by atoms with Crippen LogP contribution in [-0.4, -0.2) is 44.9 Å². The van der Waals surface area contributed by atoms with Gasteiger partial charge in [-0.3, -0.25) is 4.90 Å². The van der Waals surface area contributed by atoms with Crippen molar-refractivity contribution in [3.8, 4) is 17.2 Å². The predicted molar refractivity (Wildman–Crippen MR) is 101 cm³/mol. The standard InChI is InChI=1S/C21H26N2O3/c1-24-19-9-15(10-20-21(19)26-8-7-25-20)12-23-13-17(11-22)18(14-23)16-5-3-2-4-6-16/h2-6,9-10,17-18H,7-8,11-14,22H2,1H3/t17-,18+/m1/s1. The van der Waals surface area contributed by atoms with E-state index in [0.717, 1.165) is 31.1 Å². The van der Waals surface area contributed by atoms with Gasteiger partial charge in [0, 0.05) is 25.6 Å². The van der Waals surface area contributed by atoms with Crippen LogP contribution in [0.15, 0.2) is 42.5 Å². The van der Waals surface area contributed by atoms with Crippen molar-refractivity contribution in [2.75, 3.05) is 40.0 Å². The molecular weight excluding hydrogens is 328 g/mol. The lowest BCUT2D eigenvalue weighted by molar-refractivity contribution is 0.164. The van der Waals surface area contributed by atoms with Crippen LogP contribution in [0.2, 0.25) is 0 Å². The van der Waals surface area contributed by atoms with Crippen LogP contribution < -0.4 is 19.9 Å². The van der Waals surface area contributed by atoms with E-state index in [1.54, 1.807) is 7.11 Å². The lowest BCUT2D eigenvalue weighted by Gasteiger charge is -2.23. The van der Waals surface area contributed by atoms with E-state index in [-0.39, 0.29) is 0 Å². The van der Waals surface area contributed by atoms with Crippen molar-refractivity contribution in [3.63, 3.8) is 0 Å². The van der Waals surface area contributed by atoms with Gasteiger partial charge in [-0.2, -0.15) is 0 Å². The largest absolute Gasteiger partial charge is 0.493 e. The molecule has 4 rings (SSSR count). The molecule has 2 aliphatic heterocycles. The second-order valence-electron chi connectivity index (χ2n) is 7.03. The summed E-state index contributed by atoms with van der Waals surface area (Å²) in [5.41, 5.74) is 8.63. The minimum Gasteiger partial charge on any atom is -0.493 e. The van der Waals surface area contributed by atoms with E-state index in [1.807, 2.05) is 0 Å². The highest BCUT2D eigenvalue weighted by Crippen LogP contribution is 2.41. The number of rotatable bonds is 5. The van der Waals surface area contributed by atoms with E-state index >= 15 is 0 Å². The Morgan fingerprint density at radius 3 is 2.69 bits per heavy atom. The Labute approximate surface area is 154 Å². The van der Waals surface area contributed by atoms with Crippen molar-refractivity contribution in [1.82, 2.24) is 4.90 Å². The Kier molecular flexibility index (Phi) is 5.00. The second kappa shape index (κ2) is 7.56. The SMILES string of the molecule is COc1cc(CN2C[C@@H](CN)[C@H](c3ccccc3)C2)cc2c1OCCO2.